The van der Waals surface area contributed by atoms with Gasteiger partial charge in [0.05, 0.1) is 11.7 Å². The first-order valence-corrected chi connectivity index (χ1v) is 15.7. The van der Waals surface area contributed by atoms with Crippen molar-refractivity contribution < 1.29 is 0 Å². The summed E-state index contributed by atoms with van der Waals surface area (Å²) < 4.78 is 0. The molecule has 1 N–H and O–H groups in total. The summed E-state index contributed by atoms with van der Waals surface area (Å²) >= 11 is 0. The van der Waals surface area contributed by atoms with Gasteiger partial charge in [0.25, 0.3) is 0 Å². The number of fused-ring (bicyclic) bond motifs is 9. The van der Waals surface area contributed by atoms with E-state index in [1.54, 1.807) is 0 Å². The summed E-state index contributed by atoms with van der Waals surface area (Å²) in [4.78, 5) is 23.8. The van der Waals surface area contributed by atoms with Crippen molar-refractivity contribution in [2.24, 2.45) is 0 Å². The van der Waals surface area contributed by atoms with Crippen molar-refractivity contribution in [1.29, 1.82) is 0 Å². The van der Waals surface area contributed by atoms with Gasteiger partial charge < -0.3 is 4.98 Å². The zero-order valence-electron chi connectivity index (χ0n) is 25.1. The van der Waals surface area contributed by atoms with Gasteiger partial charge in [0.2, 0.25) is 0 Å². The van der Waals surface area contributed by atoms with Crippen LogP contribution in [0.25, 0.3) is 99.1 Å². The maximum Gasteiger partial charge on any atom is 0.166 e. The summed E-state index contributed by atoms with van der Waals surface area (Å²) in [7, 11) is 0. The molecule has 10 aromatic rings. The lowest BCUT2D eigenvalue weighted by atomic mass is 9.93. The molecule has 0 aliphatic rings. The van der Waals surface area contributed by atoms with E-state index in [1.165, 1.54) is 32.3 Å². The summed E-state index contributed by atoms with van der Waals surface area (Å²) in [5, 5.41) is 11.5. The minimum atomic E-state index is 0.586. The van der Waals surface area contributed by atoms with Crippen molar-refractivity contribution in [2.75, 3.05) is 0 Å². The highest BCUT2D eigenvalue weighted by Gasteiger charge is 2.19. The fourth-order valence-corrected chi connectivity index (χ4v) is 7.09. The third-order valence-electron chi connectivity index (χ3n) is 9.30. The lowest BCUT2D eigenvalue weighted by molar-refractivity contribution is 1.08. The second-order valence-electron chi connectivity index (χ2n) is 12.0. The van der Waals surface area contributed by atoms with Crippen LogP contribution in [0.2, 0.25) is 0 Å². The normalized spacial score (nSPS) is 11.8. The molecule has 0 saturated heterocycles. The number of rotatable bonds is 3. The summed E-state index contributed by atoms with van der Waals surface area (Å²) in [5.74, 6) is 1.83. The minimum absolute atomic E-state index is 0.586. The van der Waals surface area contributed by atoms with Gasteiger partial charge in [0, 0.05) is 39.2 Å². The van der Waals surface area contributed by atoms with Crippen molar-refractivity contribution in [3.05, 3.63) is 146 Å². The standard InChI is InChI=1S/C42H25N5/c1-2-11-27-21-28(18-17-25(27)9-1)40-45-41(47-42(46-40)36-23-43-24-38-39(36)33-15-7-8-16-37(33)44-38)35-22-34-29-12-4-3-10-26(29)19-20-32(34)30-13-5-6-14-31(30)35/h1-24,44H. The van der Waals surface area contributed by atoms with Gasteiger partial charge in [-0.05, 0) is 61.3 Å². The Morgan fingerprint density at radius 2 is 1.02 bits per heavy atom. The topological polar surface area (TPSA) is 67.3 Å². The molecule has 218 valence electrons. The molecule has 0 aliphatic heterocycles. The van der Waals surface area contributed by atoms with Crippen molar-refractivity contribution in [3.8, 4) is 34.2 Å². The molecule has 7 aromatic carbocycles. The second-order valence-corrected chi connectivity index (χ2v) is 12.0. The molecule has 5 nitrogen and oxygen atoms in total. The van der Waals surface area contributed by atoms with E-state index in [1.807, 2.05) is 18.5 Å². The van der Waals surface area contributed by atoms with Gasteiger partial charge in [-0.25, -0.2) is 15.0 Å². The second kappa shape index (κ2) is 10.0. The fourth-order valence-electron chi connectivity index (χ4n) is 7.09. The predicted molar refractivity (Wildman–Crippen MR) is 193 cm³/mol. The van der Waals surface area contributed by atoms with Crippen LogP contribution in [0.3, 0.4) is 0 Å². The number of hydrogen-bond acceptors (Lipinski definition) is 4. The molecule has 0 bridgehead atoms. The molecule has 10 rings (SSSR count). The molecule has 47 heavy (non-hydrogen) atoms. The number of hydrogen-bond donors (Lipinski definition) is 1. The van der Waals surface area contributed by atoms with Crippen LogP contribution < -0.4 is 0 Å². The van der Waals surface area contributed by atoms with Crippen molar-refractivity contribution >= 4 is 64.9 Å². The van der Waals surface area contributed by atoms with Crippen LogP contribution in [0.1, 0.15) is 0 Å². The highest BCUT2D eigenvalue weighted by atomic mass is 15.0. The fraction of sp³-hybridized carbons (Fsp3) is 0. The van der Waals surface area contributed by atoms with Gasteiger partial charge in [-0.2, -0.15) is 0 Å². The molecule has 5 heteroatoms. The summed E-state index contributed by atoms with van der Waals surface area (Å²) in [6.07, 6.45) is 3.74. The zero-order chi connectivity index (χ0) is 30.9. The molecular formula is C42H25N5. The van der Waals surface area contributed by atoms with Gasteiger partial charge >= 0.3 is 0 Å². The lowest BCUT2D eigenvalue weighted by Gasteiger charge is -2.14. The summed E-state index contributed by atoms with van der Waals surface area (Å²) in [6, 6.07) is 46.9. The third kappa shape index (κ3) is 4.03. The van der Waals surface area contributed by atoms with Gasteiger partial charge in [-0.15, -0.1) is 0 Å². The molecule has 0 amide bonds. The number of benzene rings is 7. The van der Waals surface area contributed by atoms with E-state index in [2.05, 4.69) is 137 Å². The van der Waals surface area contributed by atoms with E-state index >= 15 is 0 Å². The van der Waals surface area contributed by atoms with E-state index in [-0.39, 0.29) is 0 Å². The summed E-state index contributed by atoms with van der Waals surface area (Å²) in [6.45, 7) is 0. The maximum absolute atomic E-state index is 5.26. The summed E-state index contributed by atoms with van der Waals surface area (Å²) in [5.41, 5.74) is 4.76. The molecule has 0 spiro atoms. The zero-order valence-corrected chi connectivity index (χ0v) is 25.1. The van der Waals surface area contributed by atoms with Crippen molar-refractivity contribution in [2.45, 2.75) is 0 Å². The Balaban J connectivity index is 1.31. The Kier molecular flexibility index (Phi) is 5.51. The smallest absolute Gasteiger partial charge is 0.166 e. The molecule has 3 aromatic heterocycles. The quantitative estimate of drug-likeness (QED) is 0.205. The number of pyridine rings is 1. The van der Waals surface area contributed by atoms with Crippen LogP contribution in [0.5, 0.6) is 0 Å². The first-order chi connectivity index (χ1) is 23.3. The number of para-hydroxylation sites is 1. The van der Waals surface area contributed by atoms with Crippen LogP contribution >= 0.6 is 0 Å². The molecule has 0 atom stereocenters. The number of nitrogens with zero attached hydrogens (tertiary/aromatic N) is 4. The van der Waals surface area contributed by atoms with Crippen LogP contribution in [0.4, 0.5) is 0 Å². The van der Waals surface area contributed by atoms with E-state index in [4.69, 9.17) is 15.0 Å². The van der Waals surface area contributed by atoms with E-state index in [9.17, 15) is 0 Å². The molecule has 0 aliphatic carbocycles. The Bertz CT molecular complexity index is 2870. The lowest BCUT2D eigenvalue weighted by Crippen LogP contribution is -2.01. The highest BCUT2D eigenvalue weighted by Crippen LogP contribution is 2.39. The van der Waals surface area contributed by atoms with Crippen LogP contribution in [0.15, 0.2) is 146 Å². The molecule has 3 heterocycles. The maximum atomic E-state index is 5.26. The first-order valence-electron chi connectivity index (χ1n) is 15.7. The first kappa shape index (κ1) is 25.8. The number of H-pyrrole nitrogens is 1. The Morgan fingerprint density at radius 3 is 1.89 bits per heavy atom. The number of aromatic nitrogens is 5. The van der Waals surface area contributed by atoms with Crippen molar-refractivity contribution in [1.82, 2.24) is 24.9 Å². The Labute approximate surface area is 269 Å². The SMILES string of the molecule is c1ccc2cc(-c3nc(-c4cc5c6ccccc6ccc5c5ccccc45)nc(-c4cncc5[nH]c6ccccc6c45)n3)ccc2c1. The van der Waals surface area contributed by atoms with E-state index in [0.717, 1.165) is 49.3 Å². The highest BCUT2D eigenvalue weighted by molar-refractivity contribution is 6.21. The van der Waals surface area contributed by atoms with Crippen LogP contribution in [-0.4, -0.2) is 24.9 Å². The average molecular weight is 600 g/mol. The number of aromatic amines is 1. The molecule has 0 saturated carbocycles. The van der Waals surface area contributed by atoms with Gasteiger partial charge in [0.15, 0.2) is 17.5 Å². The molecular weight excluding hydrogens is 574 g/mol. The molecule has 0 fully saturated rings. The largest absolute Gasteiger partial charge is 0.353 e. The molecule has 0 radical (unpaired) electrons. The third-order valence-corrected chi connectivity index (χ3v) is 9.30. The van der Waals surface area contributed by atoms with Gasteiger partial charge in [0.1, 0.15) is 0 Å². The van der Waals surface area contributed by atoms with Crippen LogP contribution in [0, 0.1) is 0 Å². The van der Waals surface area contributed by atoms with Crippen molar-refractivity contribution in [3.63, 3.8) is 0 Å². The Hall–Kier alpha value is -6.46. The van der Waals surface area contributed by atoms with E-state index < -0.39 is 0 Å². The van der Waals surface area contributed by atoms with Gasteiger partial charge in [-0.3, -0.25) is 4.98 Å². The molecule has 0 unspecified atom stereocenters. The Morgan fingerprint density at radius 1 is 0.383 bits per heavy atom. The predicted octanol–water partition coefficient (Wildman–Crippen LogP) is 10.5. The minimum Gasteiger partial charge on any atom is -0.353 e. The monoisotopic (exact) mass is 599 g/mol. The van der Waals surface area contributed by atoms with Crippen LogP contribution in [-0.2, 0) is 0 Å². The number of nitrogens with one attached hydrogen (secondary N) is 1. The average Bonchev–Trinajstić information content (AvgIpc) is 3.53. The van der Waals surface area contributed by atoms with Gasteiger partial charge in [-0.1, -0.05) is 115 Å². The van der Waals surface area contributed by atoms with E-state index in [0.29, 0.717) is 17.5 Å².